The van der Waals surface area contributed by atoms with Gasteiger partial charge in [0.15, 0.2) is 12.4 Å². The first-order valence-corrected chi connectivity index (χ1v) is 8.13. The smallest absolute Gasteiger partial charge is 0.422 e. The Morgan fingerprint density at radius 2 is 1.81 bits per heavy atom. The molecule has 0 fully saturated rings. The van der Waals surface area contributed by atoms with Crippen LogP contribution in [0.3, 0.4) is 0 Å². The van der Waals surface area contributed by atoms with E-state index >= 15 is 0 Å². The zero-order chi connectivity index (χ0) is 20.2. The molecule has 146 valence electrons. The fraction of sp³-hybridized carbons (Fsp3) is 0.353. The molecule has 0 bridgehead atoms. The Kier molecular flexibility index (Phi) is 6.15. The van der Waals surface area contributed by atoms with Crippen molar-refractivity contribution in [2.75, 3.05) is 11.9 Å². The monoisotopic (exact) mass is 403 g/mol. The molecule has 2 aromatic rings. The highest BCUT2D eigenvalue weighted by atomic mass is 35.5. The highest BCUT2D eigenvalue weighted by Gasteiger charge is 2.29. The number of halogens is 4. The summed E-state index contributed by atoms with van der Waals surface area (Å²) >= 11 is 5.83. The van der Waals surface area contributed by atoms with Gasteiger partial charge in [-0.05, 0) is 32.9 Å². The lowest BCUT2D eigenvalue weighted by atomic mass is 10.1. The first-order valence-electron chi connectivity index (χ1n) is 7.75. The lowest BCUT2D eigenvalue weighted by Gasteiger charge is -2.19. The normalized spacial score (nSPS) is 11.8. The minimum Gasteiger partial charge on any atom is -0.466 e. The number of anilines is 1. The SMILES string of the molecule is CC(C)(C)OC(=O)Nc1cnc(OCC(F)(F)F)c(-c2ccc(Cl)cc2)n1. The van der Waals surface area contributed by atoms with E-state index < -0.39 is 24.5 Å². The van der Waals surface area contributed by atoms with Gasteiger partial charge in [-0.3, -0.25) is 5.32 Å². The zero-order valence-electron chi connectivity index (χ0n) is 14.7. The van der Waals surface area contributed by atoms with Crippen molar-refractivity contribution >= 4 is 23.5 Å². The van der Waals surface area contributed by atoms with Gasteiger partial charge in [0.2, 0.25) is 5.88 Å². The van der Waals surface area contributed by atoms with Gasteiger partial charge in [-0.15, -0.1) is 0 Å². The largest absolute Gasteiger partial charge is 0.466 e. The van der Waals surface area contributed by atoms with E-state index in [-0.39, 0.29) is 17.4 Å². The van der Waals surface area contributed by atoms with Crippen molar-refractivity contribution in [3.05, 3.63) is 35.5 Å². The van der Waals surface area contributed by atoms with Crippen molar-refractivity contribution in [1.29, 1.82) is 0 Å². The van der Waals surface area contributed by atoms with Gasteiger partial charge in [0.25, 0.3) is 0 Å². The number of carbonyl (C=O) groups is 1. The van der Waals surface area contributed by atoms with Crippen LogP contribution in [-0.2, 0) is 4.74 Å². The summed E-state index contributed by atoms with van der Waals surface area (Å²) in [5, 5.41) is 2.82. The number of benzene rings is 1. The Balaban J connectivity index is 2.32. The Labute approximate surface area is 158 Å². The Bertz CT molecular complexity index is 806. The van der Waals surface area contributed by atoms with Gasteiger partial charge in [-0.25, -0.2) is 14.8 Å². The first kappa shape index (κ1) is 20.8. The Hall–Kier alpha value is -2.55. The van der Waals surface area contributed by atoms with Crippen LogP contribution < -0.4 is 10.1 Å². The summed E-state index contributed by atoms with van der Waals surface area (Å²) in [6.07, 6.45) is -4.23. The summed E-state index contributed by atoms with van der Waals surface area (Å²) in [5.74, 6) is -0.335. The van der Waals surface area contributed by atoms with Crippen molar-refractivity contribution < 1.29 is 27.4 Å². The quantitative estimate of drug-likeness (QED) is 0.770. The number of alkyl halides is 3. The fourth-order valence-corrected chi connectivity index (χ4v) is 2.02. The molecule has 0 aliphatic heterocycles. The van der Waals surface area contributed by atoms with Crippen LogP contribution in [0.25, 0.3) is 11.3 Å². The molecular weight excluding hydrogens is 387 g/mol. The minimum absolute atomic E-state index is 0.00596. The van der Waals surface area contributed by atoms with E-state index in [1.54, 1.807) is 45.0 Å². The van der Waals surface area contributed by atoms with E-state index in [1.807, 2.05) is 0 Å². The molecule has 0 aliphatic carbocycles. The van der Waals surface area contributed by atoms with E-state index in [9.17, 15) is 18.0 Å². The van der Waals surface area contributed by atoms with Crippen molar-refractivity contribution in [2.45, 2.75) is 32.5 Å². The molecule has 10 heteroatoms. The molecule has 1 amide bonds. The number of rotatable bonds is 4. The van der Waals surface area contributed by atoms with Gasteiger partial charge < -0.3 is 9.47 Å². The van der Waals surface area contributed by atoms with Crippen molar-refractivity contribution in [2.24, 2.45) is 0 Å². The highest BCUT2D eigenvalue weighted by molar-refractivity contribution is 6.30. The average molecular weight is 404 g/mol. The van der Waals surface area contributed by atoms with Crippen molar-refractivity contribution in [3.63, 3.8) is 0 Å². The fourth-order valence-electron chi connectivity index (χ4n) is 1.90. The van der Waals surface area contributed by atoms with Crippen LogP contribution in [0.4, 0.5) is 23.8 Å². The third-order valence-electron chi connectivity index (χ3n) is 2.86. The molecule has 0 aliphatic rings. The maximum atomic E-state index is 12.5. The number of carbonyl (C=O) groups excluding carboxylic acids is 1. The van der Waals surface area contributed by atoms with Crippen LogP contribution in [-0.4, -0.2) is 34.4 Å². The predicted octanol–water partition coefficient (Wildman–Crippen LogP) is 5.09. The molecule has 0 saturated carbocycles. The number of hydrogen-bond donors (Lipinski definition) is 1. The molecule has 1 heterocycles. The van der Waals surface area contributed by atoms with E-state index in [1.165, 1.54) is 0 Å². The molecule has 0 radical (unpaired) electrons. The standard InChI is InChI=1S/C17H17ClF3N3O3/c1-16(2,3)27-15(25)24-12-8-22-14(26-9-17(19,20)21)13(23-12)10-4-6-11(18)7-5-10/h4-8H,9H2,1-3H3,(H,23,24,25). The third-order valence-corrected chi connectivity index (χ3v) is 3.11. The lowest BCUT2D eigenvalue weighted by Crippen LogP contribution is -2.27. The van der Waals surface area contributed by atoms with Crippen molar-refractivity contribution in [1.82, 2.24) is 9.97 Å². The summed E-state index contributed by atoms with van der Waals surface area (Å²) in [5.41, 5.74) is -0.298. The molecule has 2 rings (SSSR count). The number of ether oxygens (including phenoxy) is 2. The van der Waals surface area contributed by atoms with E-state index in [0.29, 0.717) is 10.6 Å². The zero-order valence-corrected chi connectivity index (χ0v) is 15.5. The van der Waals surface area contributed by atoms with Crippen LogP contribution in [0.2, 0.25) is 5.02 Å². The van der Waals surface area contributed by atoms with Gasteiger partial charge >= 0.3 is 12.3 Å². The molecule has 0 saturated heterocycles. The second-order valence-corrected chi connectivity index (χ2v) is 6.88. The van der Waals surface area contributed by atoms with E-state index in [4.69, 9.17) is 21.1 Å². The van der Waals surface area contributed by atoms with Crippen molar-refractivity contribution in [3.8, 4) is 17.1 Å². The van der Waals surface area contributed by atoms with E-state index in [0.717, 1.165) is 6.20 Å². The van der Waals surface area contributed by atoms with Gasteiger partial charge in [0.05, 0.1) is 6.20 Å². The number of nitrogens with one attached hydrogen (secondary N) is 1. The van der Waals surface area contributed by atoms with Gasteiger partial charge in [0, 0.05) is 10.6 Å². The molecule has 6 nitrogen and oxygen atoms in total. The average Bonchev–Trinajstić information content (AvgIpc) is 2.51. The molecular formula is C17H17ClF3N3O3. The summed E-state index contributed by atoms with van der Waals surface area (Å²) in [7, 11) is 0. The van der Waals surface area contributed by atoms with Crippen LogP contribution in [0, 0.1) is 0 Å². The van der Waals surface area contributed by atoms with Crippen LogP contribution in [0.15, 0.2) is 30.5 Å². The van der Waals surface area contributed by atoms with Gasteiger partial charge in [-0.2, -0.15) is 13.2 Å². The predicted molar refractivity (Wildman–Crippen MR) is 93.9 cm³/mol. The third kappa shape index (κ3) is 6.93. The molecule has 27 heavy (non-hydrogen) atoms. The first-order chi connectivity index (χ1) is 12.4. The molecule has 1 aromatic carbocycles. The van der Waals surface area contributed by atoms with Crippen LogP contribution in [0.5, 0.6) is 5.88 Å². The number of amides is 1. The highest BCUT2D eigenvalue weighted by Crippen LogP contribution is 2.30. The number of hydrogen-bond acceptors (Lipinski definition) is 5. The number of nitrogens with zero attached hydrogens (tertiary/aromatic N) is 2. The Morgan fingerprint density at radius 1 is 1.19 bits per heavy atom. The van der Waals surface area contributed by atoms with Gasteiger partial charge in [-0.1, -0.05) is 23.7 Å². The molecule has 0 unspecified atom stereocenters. The summed E-state index contributed by atoms with van der Waals surface area (Å²) < 4.78 is 47.3. The second kappa shape index (κ2) is 7.99. The topological polar surface area (TPSA) is 73.3 Å². The van der Waals surface area contributed by atoms with Gasteiger partial charge in [0.1, 0.15) is 11.3 Å². The van der Waals surface area contributed by atoms with Crippen LogP contribution >= 0.6 is 11.6 Å². The second-order valence-electron chi connectivity index (χ2n) is 6.45. The van der Waals surface area contributed by atoms with E-state index in [2.05, 4.69) is 15.3 Å². The summed E-state index contributed by atoms with van der Waals surface area (Å²) in [4.78, 5) is 19.8. The van der Waals surface area contributed by atoms with Crippen LogP contribution in [0.1, 0.15) is 20.8 Å². The lowest BCUT2D eigenvalue weighted by molar-refractivity contribution is -0.154. The maximum absolute atomic E-state index is 12.5. The number of aromatic nitrogens is 2. The minimum atomic E-state index is -4.54. The maximum Gasteiger partial charge on any atom is 0.422 e. The molecule has 0 spiro atoms. The molecule has 1 aromatic heterocycles. The summed E-state index contributed by atoms with van der Waals surface area (Å²) in [6.45, 7) is 3.53. The Morgan fingerprint density at radius 3 is 2.37 bits per heavy atom. The molecule has 1 N–H and O–H groups in total. The summed E-state index contributed by atoms with van der Waals surface area (Å²) in [6, 6.07) is 6.17. The molecule has 0 atom stereocenters.